The Balaban J connectivity index is 2.05. The molecule has 12 heteroatoms. The van der Waals surface area contributed by atoms with Gasteiger partial charge in [-0.2, -0.15) is 13.5 Å². The summed E-state index contributed by atoms with van der Waals surface area (Å²) in [6.07, 6.45) is 0. The Kier molecular flexibility index (Phi) is 7.00. The first kappa shape index (κ1) is 23.4. The molecule has 0 bridgehead atoms. The summed E-state index contributed by atoms with van der Waals surface area (Å²) in [6.45, 7) is 0. The second kappa shape index (κ2) is 9.89. The van der Waals surface area contributed by atoms with Crippen LogP contribution in [0.5, 0.6) is 5.75 Å². The zero-order chi connectivity index (χ0) is 24.0. The lowest BCUT2D eigenvalue weighted by Crippen LogP contribution is -2.05. The summed E-state index contributed by atoms with van der Waals surface area (Å²) >= 11 is 0. The number of anilines is 2. The highest BCUT2D eigenvalue weighted by atomic mass is 32.2. The molecule has 0 radical (unpaired) electrons. The summed E-state index contributed by atoms with van der Waals surface area (Å²) in [5.41, 5.74) is 2.96. The molecule has 0 aromatic heterocycles. The number of nitrogens with one attached hydrogen (secondary N) is 2. The van der Waals surface area contributed by atoms with Crippen molar-refractivity contribution in [1.82, 2.24) is 0 Å². The largest absolute Gasteiger partial charge is 0.504 e. The number of hydrogen-bond donors (Lipinski definition) is 5. The molecule has 0 aliphatic heterocycles. The van der Waals surface area contributed by atoms with Crippen LogP contribution in [0.25, 0.3) is 0 Å². The van der Waals surface area contributed by atoms with E-state index in [1.54, 1.807) is 42.5 Å². The maximum Gasteiger partial charge on any atom is 0.337 e. The van der Waals surface area contributed by atoms with Crippen LogP contribution in [0.2, 0.25) is 0 Å². The maximum atomic E-state index is 11.6. The molecule has 33 heavy (non-hydrogen) atoms. The fourth-order valence-electron chi connectivity index (χ4n) is 2.72. The van der Waals surface area contributed by atoms with Crippen LogP contribution >= 0.6 is 0 Å². The van der Waals surface area contributed by atoms with Gasteiger partial charge in [0.05, 0.1) is 16.1 Å². The number of carboxylic acid groups (broad SMARTS) is 1. The van der Waals surface area contributed by atoms with Crippen LogP contribution in [-0.2, 0) is 10.1 Å². The number of hydrogen-bond acceptors (Lipinski definition) is 8. The molecule has 0 aliphatic carbocycles. The summed E-state index contributed by atoms with van der Waals surface area (Å²) < 4.78 is 32.5. The molecule has 0 amide bonds. The fraction of sp³-hybridized carbons (Fsp3) is 0.0476. The van der Waals surface area contributed by atoms with E-state index in [9.17, 15) is 28.0 Å². The van der Waals surface area contributed by atoms with Gasteiger partial charge in [-0.1, -0.05) is 42.5 Å². The summed E-state index contributed by atoms with van der Waals surface area (Å²) in [7, 11) is -3.10. The van der Waals surface area contributed by atoms with Gasteiger partial charge in [-0.25, -0.2) is 4.79 Å². The molecule has 0 saturated carbocycles. The number of carboxylic acids is 1. The van der Waals surface area contributed by atoms with Crippen molar-refractivity contribution in [3.05, 3.63) is 77.9 Å². The zero-order valence-electron chi connectivity index (χ0n) is 17.2. The number of amidine groups is 1. The monoisotopic (exact) mass is 469 g/mol. The molecule has 0 aliphatic rings. The highest BCUT2D eigenvalue weighted by Gasteiger charge is 2.17. The molecule has 170 valence electrons. The number of rotatable bonds is 7. The Morgan fingerprint density at radius 3 is 2.24 bits per heavy atom. The van der Waals surface area contributed by atoms with E-state index >= 15 is 0 Å². The van der Waals surface area contributed by atoms with Gasteiger partial charge in [0.25, 0.3) is 10.1 Å². The number of aromatic carboxylic acids is 1. The molecule has 0 spiro atoms. The van der Waals surface area contributed by atoms with Crippen molar-refractivity contribution in [2.75, 3.05) is 17.8 Å². The number of azo groups is 1. The lowest BCUT2D eigenvalue weighted by molar-refractivity contribution is 0.0697. The van der Waals surface area contributed by atoms with E-state index in [1.165, 1.54) is 19.2 Å². The predicted molar refractivity (Wildman–Crippen MR) is 122 cm³/mol. The van der Waals surface area contributed by atoms with Gasteiger partial charge in [-0.05, 0) is 24.3 Å². The summed E-state index contributed by atoms with van der Waals surface area (Å²) in [6, 6.07) is 16.6. The molecule has 3 rings (SSSR count). The molecule has 3 aromatic rings. The van der Waals surface area contributed by atoms with E-state index in [4.69, 9.17) is 0 Å². The van der Waals surface area contributed by atoms with E-state index in [0.29, 0.717) is 5.56 Å². The molecular formula is C21H19N5O6S. The fourth-order valence-corrected chi connectivity index (χ4v) is 3.25. The number of phenolic OH excluding ortho intramolecular Hbond substituents is 1. The topological polar surface area (TPSA) is 173 Å². The highest BCUT2D eigenvalue weighted by Crippen LogP contribution is 2.35. The molecule has 5 N–H and O–H groups in total. The molecule has 11 nitrogen and oxygen atoms in total. The van der Waals surface area contributed by atoms with Crippen molar-refractivity contribution in [3.63, 3.8) is 0 Å². The molecular weight excluding hydrogens is 450 g/mol. The molecule has 0 fully saturated rings. The van der Waals surface area contributed by atoms with Crippen molar-refractivity contribution in [3.8, 4) is 5.75 Å². The van der Waals surface area contributed by atoms with E-state index in [-0.39, 0.29) is 34.2 Å². The molecule has 0 saturated heterocycles. The number of carbonyl (C=O) groups is 1. The highest BCUT2D eigenvalue weighted by molar-refractivity contribution is 7.85. The van der Waals surface area contributed by atoms with Crippen molar-refractivity contribution < 1.29 is 28.0 Å². The standard InChI is InChI=1S/C21H19N5O6S/c1-22-17-11-14(33(30,31)32)12-18(19(17)27)24-26-20(13-7-3-2-4-8-13)25-23-16-10-6-5-9-15(16)21(28)29/h2-12,22,24,27H,1H3,(H,28,29)(H,30,31,32). The maximum absolute atomic E-state index is 11.6. The van der Waals surface area contributed by atoms with E-state index in [1.807, 2.05) is 0 Å². The summed E-state index contributed by atoms with van der Waals surface area (Å²) in [4.78, 5) is 10.9. The zero-order valence-corrected chi connectivity index (χ0v) is 18.0. The van der Waals surface area contributed by atoms with Gasteiger partial charge in [-0.15, -0.1) is 10.2 Å². The third kappa shape index (κ3) is 5.70. The Bertz CT molecular complexity index is 1340. The van der Waals surface area contributed by atoms with Crippen LogP contribution in [0.1, 0.15) is 15.9 Å². The third-order valence-corrected chi connectivity index (χ3v) is 5.18. The van der Waals surface area contributed by atoms with E-state index in [0.717, 1.165) is 12.1 Å². The van der Waals surface area contributed by atoms with E-state index < -0.39 is 21.0 Å². The molecule has 0 unspecified atom stereocenters. The first-order chi connectivity index (χ1) is 15.7. The number of phenols is 1. The summed E-state index contributed by atoms with van der Waals surface area (Å²) in [5, 5.41) is 34.5. The van der Waals surface area contributed by atoms with Gasteiger partial charge in [0.1, 0.15) is 11.4 Å². The lowest BCUT2D eigenvalue weighted by Gasteiger charge is -2.11. The average molecular weight is 469 g/mol. The van der Waals surface area contributed by atoms with Crippen molar-refractivity contribution in [2.45, 2.75) is 4.90 Å². The summed E-state index contributed by atoms with van der Waals surface area (Å²) in [5.74, 6) is -1.51. The van der Waals surface area contributed by atoms with Gasteiger partial charge in [0.2, 0.25) is 5.84 Å². The third-order valence-electron chi connectivity index (χ3n) is 4.35. The van der Waals surface area contributed by atoms with Crippen LogP contribution < -0.4 is 10.7 Å². The van der Waals surface area contributed by atoms with Crippen LogP contribution in [0.4, 0.5) is 17.1 Å². The van der Waals surface area contributed by atoms with E-state index in [2.05, 4.69) is 26.1 Å². The van der Waals surface area contributed by atoms with Crippen molar-refractivity contribution in [1.29, 1.82) is 0 Å². The lowest BCUT2D eigenvalue weighted by atomic mass is 10.2. The minimum atomic E-state index is -4.56. The Morgan fingerprint density at radius 1 is 0.970 bits per heavy atom. The normalized spacial score (nSPS) is 12.0. The smallest absolute Gasteiger partial charge is 0.337 e. The average Bonchev–Trinajstić information content (AvgIpc) is 2.80. The molecule has 0 atom stereocenters. The minimum absolute atomic E-state index is 0.0125. The Morgan fingerprint density at radius 2 is 1.61 bits per heavy atom. The Labute approximate surface area is 188 Å². The number of aromatic hydroxyl groups is 1. The van der Waals surface area contributed by atoms with Crippen molar-refractivity contribution in [2.24, 2.45) is 15.3 Å². The van der Waals surface area contributed by atoms with Gasteiger partial charge in [0.15, 0.2) is 5.75 Å². The van der Waals surface area contributed by atoms with Crippen LogP contribution in [0, 0.1) is 0 Å². The second-order valence-electron chi connectivity index (χ2n) is 6.53. The quantitative estimate of drug-likeness (QED) is 0.0864. The minimum Gasteiger partial charge on any atom is -0.504 e. The van der Waals surface area contributed by atoms with Gasteiger partial charge in [0, 0.05) is 12.6 Å². The van der Waals surface area contributed by atoms with Crippen LogP contribution in [0.15, 0.2) is 87.0 Å². The number of benzene rings is 3. The van der Waals surface area contributed by atoms with Crippen LogP contribution in [0.3, 0.4) is 0 Å². The van der Waals surface area contributed by atoms with Gasteiger partial charge >= 0.3 is 5.97 Å². The number of nitrogens with zero attached hydrogens (tertiary/aromatic N) is 3. The first-order valence-corrected chi connectivity index (χ1v) is 10.8. The second-order valence-corrected chi connectivity index (χ2v) is 7.95. The number of hydrazone groups is 1. The predicted octanol–water partition coefficient (Wildman–Crippen LogP) is 3.94. The molecule has 0 heterocycles. The first-order valence-electron chi connectivity index (χ1n) is 9.36. The van der Waals surface area contributed by atoms with Crippen molar-refractivity contribution >= 4 is 39.0 Å². The van der Waals surface area contributed by atoms with Crippen LogP contribution in [-0.4, -0.2) is 42.0 Å². The van der Waals surface area contributed by atoms with Gasteiger partial charge in [-0.3, -0.25) is 9.98 Å². The van der Waals surface area contributed by atoms with Gasteiger partial charge < -0.3 is 15.5 Å². The Hall–Kier alpha value is -4.29. The molecule has 3 aromatic carbocycles. The SMILES string of the molecule is CNc1cc(S(=O)(=O)O)cc(NN=C(N=Nc2ccccc2C(=O)O)c2ccccc2)c1O.